The average Bonchev–Trinajstić information content (AvgIpc) is 3.08. The predicted molar refractivity (Wildman–Crippen MR) is 114 cm³/mol. The molecule has 1 aliphatic heterocycles. The van der Waals surface area contributed by atoms with Crippen molar-refractivity contribution in [3.63, 3.8) is 0 Å². The van der Waals surface area contributed by atoms with E-state index in [0.717, 1.165) is 16.9 Å². The summed E-state index contributed by atoms with van der Waals surface area (Å²) in [4.78, 5) is 25.9. The highest BCUT2D eigenvalue weighted by molar-refractivity contribution is 7.99. The lowest BCUT2D eigenvalue weighted by molar-refractivity contribution is -0.128. The summed E-state index contributed by atoms with van der Waals surface area (Å²) in [5, 5.41) is 19.2. The standard InChI is InChI=1S/C23H24FNO4S/c24-18-5-1-16(2-6-18)15-20(26)9-7-19-8-12-22(27)25(19)13-14-30-21-10-3-17(4-11-21)23(28)29/h1-7,9-11,19-20,26H,8,12-15H2,(H,28,29)/t19-,20+/m0/s1. The van der Waals surface area contributed by atoms with Crippen LogP contribution in [-0.4, -0.2) is 51.4 Å². The third-order valence-electron chi connectivity index (χ3n) is 4.99. The van der Waals surface area contributed by atoms with Crippen LogP contribution < -0.4 is 0 Å². The van der Waals surface area contributed by atoms with Crippen molar-refractivity contribution in [3.8, 4) is 0 Å². The fourth-order valence-electron chi connectivity index (χ4n) is 3.39. The number of halogens is 1. The molecule has 2 N–H and O–H groups in total. The molecular formula is C23H24FNO4S. The highest BCUT2D eigenvalue weighted by Crippen LogP contribution is 2.23. The second-order valence-electron chi connectivity index (χ2n) is 7.15. The maximum atomic E-state index is 13.0. The first-order chi connectivity index (χ1) is 14.4. The van der Waals surface area contributed by atoms with Crippen molar-refractivity contribution >= 4 is 23.6 Å². The predicted octanol–water partition coefficient (Wildman–Crippen LogP) is 3.77. The average molecular weight is 430 g/mol. The number of carbonyl (C=O) groups is 2. The molecule has 1 amide bonds. The van der Waals surface area contributed by atoms with Crippen molar-refractivity contribution in [2.75, 3.05) is 12.3 Å². The number of aromatic carboxylic acids is 1. The fourth-order valence-corrected chi connectivity index (χ4v) is 4.24. The first kappa shape index (κ1) is 22.1. The zero-order valence-electron chi connectivity index (χ0n) is 16.4. The molecule has 2 atom stereocenters. The molecule has 1 fully saturated rings. The van der Waals surface area contributed by atoms with Crippen LogP contribution in [0.25, 0.3) is 0 Å². The second-order valence-corrected chi connectivity index (χ2v) is 8.32. The van der Waals surface area contributed by atoms with Crippen LogP contribution in [0.4, 0.5) is 4.39 Å². The third-order valence-corrected chi connectivity index (χ3v) is 5.98. The number of nitrogens with zero attached hydrogens (tertiary/aromatic N) is 1. The summed E-state index contributed by atoms with van der Waals surface area (Å²) in [6.45, 7) is 0.577. The Morgan fingerprint density at radius 2 is 1.90 bits per heavy atom. The van der Waals surface area contributed by atoms with Gasteiger partial charge in [-0.25, -0.2) is 9.18 Å². The van der Waals surface area contributed by atoms with Gasteiger partial charge in [-0.1, -0.05) is 24.3 Å². The second kappa shape index (κ2) is 10.4. The minimum Gasteiger partial charge on any atom is -0.478 e. The van der Waals surface area contributed by atoms with E-state index in [0.29, 0.717) is 25.1 Å². The molecule has 0 spiro atoms. The highest BCUT2D eigenvalue weighted by Gasteiger charge is 2.28. The topological polar surface area (TPSA) is 77.8 Å². The largest absolute Gasteiger partial charge is 0.478 e. The lowest BCUT2D eigenvalue weighted by Crippen LogP contribution is -2.33. The van der Waals surface area contributed by atoms with Gasteiger partial charge in [0.25, 0.3) is 0 Å². The van der Waals surface area contributed by atoms with E-state index in [2.05, 4.69) is 0 Å². The molecule has 1 heterocycles. The van der Waals surface area contributed by atoms with E-state index in [1.807, 2.05) is 11.0 Å². The van der Waals surface area contributed by atoms with E-state index in [1.54, 1.807) is 54.2 Å². The van der Waals surface area contributed by atoms with Crippen molar-refractivity contribution in [3.05, 3.63) is 77.6 Å². The van der Waals surface area contributed by atoms with Crippen LogP contribution in [0.1, 0.15) is 28.8 Å². The Kier molecular flexibility index (Phi) is 7.65. The van der Waals surface area contributed by atoms with Gasteiger partial charge in [0.15, 0.2) is 0 Å². The zero-order valence-corrected chi connectivity index (χ0v) is 17.2. The molecule has 3 rings (SSSR count). The van der Waals surface area contributed by atoms with Gasteiger partial charge >= 0.3 is 5.97 Å². The first-order valence-electron chi connectivity index (χ1n) is 9.79. The number of aliphatic hydroxyl groups is 1. The van der Waals surface area contributed by atoms with Gasteiger partial charge in [-0.2, -0.15) is 0 Å². The summed E-state index contributed by atoms with van der Waals surface area (Å²) in [6, 6.07) is 12.7. The number of carboxylic acid groups (broad SMARTS) is 1. The van der Waals surface area contributed by atoms with Crippen LogP contribution >= 0.6 is 11.8 Å². The molecule has 0 aromatic heterocycles. The molecular weight excluding hydrogens is 405 g/mol. The van der Waals surface area contributed by atoms with Gasteiger partial charge in [-0.15, -0.1) is 11.8 Å². The molecule has 0 bridgehead atoms. The molecule has 0 saturated carbocycles. The van der Waals surface area contributed by atoms with Crippen molar-refractivity contribution in [2.45, 2.75) is 36.3 Å². The van der Waals surface area contributed by atoms with Crippen LogP contribution in [0.15, 0.2) is 65.6 Å². The Hall–Kier alpha value is -2.64. The quantitative estimate of drug-likeness (QED) is 0.469. The molecule has 0 aliphatic carbocycles. The summed E-state index contributed by atoms with van der Waals surface area (Å²) in [7, 11) is 0. The molecule has 5 nitrogen and oxygen atoms in total. The van der Waals surface area contributed by atoms with E-state index in [4.69, 9.17) is 5.11 Å². The Morgan fingerprint density at radius 1 is 1.20 bits per heavy atom. The summed E-state index contributed by atoms with van der Waals surface area (Å²) in [5.74, 6) is -0.467. The minimum absolute atomic E-state index is 0.0460. The van der Waals surface area contributed by atoms with E-state index in [9.17, 15) is 19.1 Å². The summed E-state index contributed by atoms with van der Waals surface area (Å²) < 4.78 is 13.0. The van der Waals surface area contributed by atoms with E-state index < -0.39 is 12.1 Å². The molecule has 2 aromatic rings. The summed E-state index contributed by atoms with van der Waals surface area (Å²) >= 11 is 1.57. The normalized spacial score (nSPS) is 17.6. The zero-order chi connectivity index (χ0) is 21.5. The van der Waals surface area contributed by atoms with Gasteiger partial charge in [-0.3, -0.25) is 4.79 Å². The van der Waals surface area contributed by atoms with Crippen LogP contribution in [0.3, 0.4) is 0 Å². The molecule has 158 valence electrons. The number of hydrogen-bond donors (Lipinski definition) is 2. The number of hydrogen-bond acceptors (Lipinski definition) is 4. The third kappa shape index (κ3) is 6.18. The number of rotatable bonds is 9. The van der Waals surface area contributed by atoms with Crippen LogP contribution in [0.5, 0.6) is 0 Å². The van der Waals surface area contributed by atoms with Gasteiger partial charge < -0.3 is 15.1 Å². The van der Waals surface area contributed by atoms with Gasteiger partial charge in [0.05, 0.1) is 17.7 Å². The van der Waals surface area contributed by atoms with Gasteiger partial charge in [0.2, 0.25) is 5.91 Å². The van der Waals surface area contributed by atoms with E-state index in [1.165, 1.54) is 12.1 Å². The number of aliphatic hydroxyl groups excluding tert-OH is 1. The maximum absolute atomic E-state index is 13.0. The van der Waals surface area contributed by atoms with Crippen molar-refractivity contribution in [1.82, 2.24) is 4.90 Å². The monoisotopic (exact) mass is 429 g/mol. The Morgan fingerprint density at radius 3 is 2.57 bits per heavy atom. The summed E-state index contributed by atoms with van der Waals surface area (Å²) in [5.41, 5.74) is 1.09. The van der Waals surface area contributed by atoms with Gasteiger partial charge in [0.1, 0.15) is 5.82 Å². The Balaban J connectivity index is 1.50. The first-order valence-corrected chi connectivity index (χ1v) is 10.8. The Labute approximate surface area is 179 Å². The van der Waals surface area contributed by atoms with Crippen LogP contribution in [0, 0.1) is 5.82 Å². The molecule has 0 radical (unpaired) electrons. The number of carboxylic acids is 1. The molecule has 7 heteroatoms. The van der Waals surface area contributed by atoms with Crippen molar-refractivity contribution in [2.24, 2.45) is 0 Å². The molecule has 1 aliphatic rings. The summed E-state index contributed by atoms with van der Waals surface area (Å²) in [6.07, 6.45) is 4.48. The molecule has 2 aromatic carbocycles. The van der Waals surface area contributed by atoms with Crippen molar-refractivity contribution in [1.29, 1.82) is 0 Å². The molecule has 30 heavy (non-hydrogen) atoms. The Bertz CT molecular complexity index is 898. The van der Waals surface area contributed by atoms with Crippen LogP contribution in [-0.2, 0) is 11.2 Å². The number of benzene rings is 2. The smallest absolute Gasteiger partial charge is 0.335 e. The molecule has 0 unspecified atom stereocenters. The number of amides is 1. The number of thioether (sulfide) groups is 1. The maximum Gasteiger partial charge on any atom is 0.335 e. The SMILES string of the molecule is O=C(O)c1ccc(SCCN2C(=O)CC[C@@H]2C=C[C@@H](O)Cc2ccc(F)cc2)cc1. The highest BCUT2D eigenvalue weighted by atomic mass is 32.2. The van der Waals surface area contributed by atoms with E-state index in [-0.39, 0.29) is 23.3 Å². The fraction of sp³-hybridized carbons (Fsp3) is 0.304. The van der Waals surface area contributed by atoms with E-state index >= 15 is 0 Å². The number of carbonyl (C=O) groups excluding carboxylic acids is 1. The number of likely N-dealkylation sites (tertiary alicyclic amines) is 1. The lowest BCUT2D eigenvalue weighted by atomic mass is 10.1. The van der Waals surface area contributed by atoms with Crippen molar-refractivity contribution < 1.29 is 24.2 Å². The van der Waals surface area contributed by atoms with Gasteiger partial charge in [-0.05, 0) is 48.4 Å². The molecule has 1 saturated heterocycles. The van der Waals surface area contributed by atoms with Gasteiger partial charge in [0, 0.05) is 30.0 Å². The lowest BCUT2D eigenvalue weighted by Gasteiger charge is -2.22. The minimum atomic E-state index is -0.953. The van der Waals surface area contributed by atoms with Crippen LogP contribution in [0.2, 0.25) is 0 Å².